The van der Waals surface area contributed by atoms with Crippen LogP contribution in [0.2, 0.25) is 0 Å². The van der Waals surface area contributed by atoms with E-state index in [9.17, 15) is 9.59 Å². The predicted octanol–water partition coefficient (Wildman–Crippen LogP) is 1.47. The second kappa shape index (κ2) is 5.57. The van der Waals surface area contributed by atoms with Gasteiger partial charge in [0.25, 0.3) is 5.91 Å². The van der Waals surface area contributed by atoms with Crippen LogP contribution in [0.5, 0.6) is 0 Å². The maximum absolute atomic E-state index is 11.8. The molecule has 0 atom stereocenters. The predicted molar refractivity (Wildman–Crippen MR) is 69.2 cm³/mol. The minimum absolute atomic E-state index is 0.0202. The maximum Gasteiger partial charge on any atom is 0.354 e. The van der Waals surface area contributed by atoms with E-state index in [0.29, 0.717) is 11.4 Å². The zero-order chi connectivity index (χ0) is 13.8. The molecular weight excluding hydrogens is 266 g/mol. The number of aromatic carboxylic acids is 1. The van der Waals surface area contributed by atoms with Crippen molar-refractivity contribution in [1.82, 2.24) is 15.3 Å². The molecule has 0 aliphatic carbocycles. The number of carboxylic acids is 1. The minimum Gasteiger partial charge on any atom is -0.477 e. The van der Waals surface area contributed by atoms with E-state index in [1.807, 2.05) is 6.92 Å². The molecule has 0 saturated heterocycles. The zero-order valence-electron chi connectivity index (χ0n) is 10.1. The van der Waals surface area contributed by atoms with Gasteiger partial charge in [-0.15, -0.1) is 11.3 Å². The molecule has 7 heteroatoms. The number of carbonyl (C=O) groups excluding carboxylic acids is 1. The summed E-state index contributed by atoms with van der Waals surface area (Å²) < 4.78 is 0. The first-order valence-corrected chi connectivity index (χ1v) is 6.27. The Morgan fingerprint density at radius 1 is 1.32 bits per heavy atom. The van der Waals surface area contributed by atoms with Gasteiger partial charge in [-0.05, 0) is 18.6 Å². The summed E-state index contributed by atoms with van der Waals surface area (Å²) in [5.41, 5.74) is 0.716. The van der Waals surface area contributed by atoms with Gasteiger partial charge in [0.15, 0.2) is 0 Å². The van der Waals surface area contributed by atoms with Crippen molar-refractivity contribution < 1.29 is 14.7 Å². The van der Waals surface area contributed by atoms with Crippen molar-refractivity contribution in [3.8, 4) is 0 Å². The third kappa shape index (κ3) is 3.35. The summed E-state index contributed by atoms with van der Waals surface area (Å²) in [6.07, 6.45) is 2.96. The van der Waals surface area contributed by atoms with Crippen molar-refractivity contribution in [2.45, 2.75) is 13.5 Å². The lowest BCUT2D eigenvalue weighted by atomic mass is 10.2. The Balaban J connectivity index is 1.95. The third-order valence-corrected chi connectivity index (χ3v) is 3.25. The first-order valence-electron chi connectivity index (χ1n) is 5.45. The number of hydrogen-bond donors (Lipinski definition) is 2. The molecule has 1 amide bonds. The molecule has 0 aromatic carbocycles. The normalized spacial score (nSPS) is 10.2. The molecule has 0 fully saturated rings. The van der Waals surface area contributed by atoms with Crippen molar-refractivity contribution >= 4 is 23.2 Å². The molecule has 0 radical (unpaired) electrons. The first kappa shape index (κ1) is 13.2. The summed E-state index contributed by atoms with van der Waals surface area (Å²) in [5.74, 6) is -1.27. The van der Waals surface area contributed by atoms with E-state index in [2.05, 4.69) is 15.3 Å². The summed E-state index contributed by atoms with van der Waals surface area (Å²) in [7, 11) is 0. The second-order valence-corrected chi connectivity index (χ2v) is 5.02. The number of nitrogens with one attached hydrogen (secondary N) is 1. The molecule has 0 spiro atoms. The topological polar surface area (TPSA) is 92.2 Å². The standard InChI is InChI=1S/C12H11N3O3S/c1-7-13-6-10(19-7)11(16)15-5-8-2-3-9(12(17)18)14-4-8/h2-4,6H,5H2,1H3,(H,15,16)(H,17,18). The largest absolute Gasteiger partial charge is 0.477 e. The van der Waals surface area contributed by atoms with Crippen LogP contribution in [0.1, 0.15) is 30.7 Å². The number of aryl methyl sites for hydroxylation is 1. The fourth-order valence-electron chi connectivity index (χ4n) is 1.39. The van der Waals surface area contributed by atoms with Crippen LogP contribution in [0, 0.1) is 6.92 Å². The number of carboxylic acid groups (broad SMARTS) is 1. The van der Waals surface area contributed by atoms with Crippen molar-refractivity contribution in [3.05, 3.63) is 45.7 Å². The number of amides is 1. The SMILES string of the molecule is Cc1ncc(C(=O)NCc2ccc(C(=O)O)nc2)s1. The zero-order valence-corrected chi connectivity index (χ0v) is 10.9. The molecule has 0 bridgehead atoms. The van der Waals surface area contributed by atoms with E-state index in [1.165, 1.54) is 29.8 Å². The van der Waals surface area contributed by atoms with Crippen LogP contribution >= 0.6 is 11.3 Å². The Labute approximate surface area is 113 Å². The number of nitrogens with zero attached hydrogens (tertiary/aromatic N) is 2. The third-order valence-electron chi connectivity index (χ3n) is 2.34. The van der Waals surface area contributed by atoms with Gasteiger partial charge in [-0.25, -0.2) is 14.8 Å². The summed E-state index contributed by atoms with van der Waals surface area (Å²) in [6, 6.07) is 3.02. The fourth-order valence-corrected chi connectivity index (χ4v) is 2.09. The molecule has 2 rings (SSSR count). The summed E-state index contributed by atoms with van der Waals surface area (Å²) in [6.45, 7) is 2.12. The van der Waals surface area contributed by atoms with Gasteiger partial charge in [0.05, 0.1) is 11.2 Å². The summed E-state index contributed by atoms with van der Waals surface area (Å²) >= 11 is 1.32. The lowest BCUT2D eigenvalue weighted by Crippen LogP contribution is -2.22. The average molecular weight is 277 g/mol. The van der Waals surface area contributed by atoms with Crippen LogP contribution in [0.15, 0.2) is 24.5 Å². The van der Waals surface area contributed by atoms with E-state index in [-0.39, 0.29) is 11.6 Å². The molecule has 0 unspecified atom stereocenters. The Morgan fingerprint density at radius 3 is 2.63 bits per heavy atom. The van der Waals surface area contributed by atoms with Crippen LogP contribution in [0.3, 0.4) is 0 Å². The van der Waals surface area contributed by atoms with Crippen LogP contribution in [0.25, 0.3) is 0 Å². The smallest absolute Gasteiger partial charge is 0.354 e. The highest BCUT2D eigenvalue weighted by molar-refractivity contribution is 7.13. The number of aromatic nitrogens is 2. The van der Waals surface area contributed by atoms with Crippen molar-refractivity contribution in [1.29, 1.82) is 0 Å². The van der Waals surface area contributed by atoms with Gasteiger partial charge in [0.1, 0.15) is 10.6 Å². The van der Waals surface area contributed by atoms with Crippen LogP contribution in [-0.2, 0) is 6.54 Å². The summed E-state index contributed by atoms with van der Waals surface area (Å²) in [5, 5.41) is 12.3. The second-order valence-electron chi connectivity index (χ2n) is 3.78. The van der Waals surface area contributed by atoms with E-state index >= 15 is 0 Å². The van der Waals surface area contributed by atoms with E-state index in [4.69, 9.17) is 5.11 Å². The highest BCUT2D eigenvalue weighted by Gasteiger charge is 2.09. The Morgan fingerprint density at radius 2 is 2.11 bits per heavy atom. The highest BCUT2D eigenvalue weighted by atomic mass is 32.1. The molecule has 19 heavy (non-hydrogen) atoms. The molecule has 2 N–H and O–H groups in total. The Hall–Kier alpha value is -2.28. The van der Waals surface area contributed by atoms with E-state index in [1.54, 1.807) is 6.07 Å². The molecule has 2 heterocycles. The lowest BCUT2D eigenvalue weighted by Gasteiger charge is -2.03. The van der Waals surface area contributed by atoms with Crippen LogP contribution < -0.4 is 5.32 Å². The molecule has 6 nitrogen and oxygen atoms in total. The van der Waals surface area contributed by atoms with E-state index in [0.717, 1.165) is 10.6 Å². The van der Waals surface area contributed by atoms with Gasteiger partial charge in [0.2, 0.25) is 0 Å². The molecule has 0 aliphatic rings. The van der Waals surface area contributed by atoms with Crippen LogP contribution in [-0.4, -0.2) is 27.0 Å². The Bertz CT molecular complexity index is 607. The molecular formula is C12H11N3O3S. The molecule has 2 aromatic rings. The van der Waals surface area contributed by atoms with Gasteiger partial charge in [-0.3, -0.25) is 4.79 Å². The molecule has 2 aromatic heterocycles. The quantitative estimate of drug-likeness (QED) is 0.883. The summed E-state index contributed by atoms with van der Waals surface area (Å²) in [4.78, 5) is 30.7. The number of rotatable bonds is 4. The lowest BCUT2D eigenvalue weighted by molar-refractivity contribution is 0.0690. The number of pyridine rings is 1. The maximum atomic E-state index is 11.8. The number of thiazole rings is 1. The van der Waals surface area contributed by atoms with Gasteiger partial charge < -0.3 is 10.4 Å². The van der Waals surface area contributed by atoms with Gasteiger partial charge in [0, 0.05) is 12.7 Å². The monoisotopic (exact) mass is 277 g/mol. The number of carbonyl (C=O) groups is 2. The minimum atomic E-state index is -1.07. The van der Waals surface area contributed by atoms with Crippen molar-refractivity contribution in [2.24, 2.45) is 0 Å². The average Bonchev–Trinajstić information content (AvgIpc) is 2.83. The van der Waals surface area contributed by atoms with E-state index < -0.39 is 5.97 Å². The molecule has 0 aliphatic heterocycles. The molecule has 98 valence electrons. The van der Waals surface area contributed by atoms with Gasteiger partial charge >= 0.3 is 5.97 Å². The Kier molecular flexibility index (Phi) is 3.86. The van der Waals surface area contributed by atoms with Crippen molar-refractivity contribution in [3.63, 3.8) is 0 Å². The fraction of sp³-hybridized carbons (Fsp3) is 0.167. The van der Waals surface area contributed by atoms with Crippen LogP contribution in [0.4, 0.5) is 0 Å². The van der Waals surface area contributed by atoms with Gasteiger partial charge in [-0.2, -0.15) is 0 Å². The number of hydrogen-bond acceptors (Lipinski definition) is 5. The molecule has 0 saturated carbocycles. The van der Waals surface area contributed by atoms with Gasteiger partial charge in [-0.1, -0.05) is 6.07 Å². The highest BCUT2D eigenvalue weighted by Crippen LogP contribution is 2.11. The van der Waals surface area contributed by atoms with Crippen molar-refractivity contribution in [2.75, 3.05) is 0 Å². The first-order chi connectivity index (χ1) is 9.06.